The van der Waals surface area contributed by atoms with Crippen LogP contribution >= 0.6 is 0 Å². The summed E-state index contributed by atoms with van der Waals surface area (Å²) >= 11 is 0. The molecule has 0 aliphatic carbocycles. The average Bonchev–Trinajstić information content (AvgIpc) is 2.14. The van der Waals surface area contributed by atoms with Crippen molar-refractivity contribution < 1.29 is 55.7 Å². The monoisotopic (exact) mass is 284 g/mol. The van der Waals surface area contributed by atoms with Crippen molar-refractivity contribution in [2.24, 2.45) is 0 Å². The molecule has 0 saturated heterocycles. The van der Waals surface area contributed by atoms with Gasteiger partial charge in [-0.2, -0.15) is 0 Å². The quantitative estimate of drug-likeness (QED) is 0.314. The number of unbranched alkanes of at least 4 members (excludes halogenated alkanes) is 3. The first-order valence-corrected chi connectivity index (χ1v) is 6.72. The first kappa shape index (κ1) is 20.0. The molecule has 0 heterocycles. The van der Waals surface area contributed by atoms with Crippen molar-refractivity contribution in [3.05, 3.63) is 0 Å². The summed E-state index contributed by atoms with van der Waals surface area (Å²) in [7, 11) is -4.72. The van der Waals surface area contributed by atoms with Crippen LogP contribution in [0.4, 0.5) is 13.2 Å². The zero-order valence-corrected chi connectivity index (χ0v) is 12.7. The molecule has 0 aromatic carbocycles. The molecule has 17 heavy (non-hydrogen) atoms. The Hall–Kier alpha value is 0.700. The molecule has 2 atom stereocenters. The summed E-state index contributed by atoms with van der Waals surface area (Å²) in [5.74, 6) is -1.32. The van der Waals surface area contributed by atoms with Crippen LogP contribution in [-0.2, 0) is 10.1 Å². The first-order chi connectivity index (χ1) is 7.37. The molecule has 0 rings (SSSR count). The van der Waals surface area contributed by atoms with Gasteiger partial charge >= 0.3 is 29.6 Å². The molecule has 0 bridgehead atoms. The Kier molecular flexibility index (Phi) is 12.5. The molecule has 3 nitrogen and oxygen atoms in total. The van der Waals surface area contributed by atoms with Crippen molar-refractivity contribution in [2.75, 3.05) is 12.4 Å². The number of halogens is 3. The number of rotatable bonds is 9. The average molecular weight is 284 g/mol. The third-order valence-electron chi connectivity index (χ3n) is 2.12. The molecular weight excluding hydrogens is 268 g/mol. The van der Waals surface area contributed by atoms with Crippen LogP contribution in [0, 0.1) is 0 Å². The summed E-state index contributed by atoms with van der Waals surface area (Å²) in [6, 6.07) is 0. The normalized spacial score (nSPS) is 15.1. The van der Waals surface area contributed by atoms with Gasteiger partial charge in [-0.25, -0.2) is 17.2 Å². The summed E-state index contributed by atoms with van der Waals surface area (Å²) in [4.78, 5) is 0. The Morgan fingerprint density at radius 3 is 2.00 bits per heavy atom. The molecule has 0 amide bonds. The van der Waals surface area contributed by atoms with Gasteiger partial charge in [0.1, 0.15) is 12.3 Å². The van der Waals surface area contributed by atoms with Crippen LogP contribution in [0.25, 0.3) is 0 Å². The molecule has 0 aliphatic heterocycles. The first-order valence-electron chi connectivity index (χ1n) is 5.14. The van der Waals surface area contributed by atoms with Gasteiger partial charge in [-0.1, -0.05) is 19.3 Å². The Bertz CT molecular complexity index is 275. The minimum atomic E-state index is -4.72. The zero-order chi connectivity index (χ0) is 12.6. The fourth-order valence-corrected chi connectivity index (χ4v) is 1.87. The second-order valence-corrected chi connectivity index (χ2v) is 5.10. The van der Waals surface area contributed by atoms with Crippen LogP contribution in [0.15, 0.2) is 0 Å². The Morgan fingerprint density at radius 2 is 1.53 bits per heavy atom. The van der Waals surface area contributed by atoms with Crippen LogP contribution in [0.2, 0.25) is 0 Å². The summed E-state index contributed by atoms with van der Waals surface area (Å²) in [5.41, 5.74) is 0. The van der Waals surface area contributed by atoms with Gasteiger partial charge < -0.3 is 4.55 Å². The molecule has 0 N–H and O–H groups in total. The number of hydrogen-bond acceptors (Lipinski definition) is 3. The summed E-state index contributed by atoms with van der Waals surface area (Å²) in [6.07, 6.45) is -2.41. The molecule has 0 aliphatic rings. The topological polar surface area (TPSA) is 57.2 Å². The van der Waals surface area contributed by atoms with E-state index in [0.717, 1.165) is 0 Å². The molecule has 0 saturated carbocycles. The molecule has 0 aromatic rings. The van der Waals surface area contributed by atoms with Crippen LogP contribution in [0.5, 0.6) is 0 Å². The Morgan fingerprint density at radius 1 is 1.00 bits per heavy atom. The maximum Gasteiger partial charge on any atom is 1.00 e. The van der Waals surface area contributed by atoms with Crippen molar-refractivity contribution in [2.45, 2.75) is 44.4 Å². The van der Waals surface area contributed by atoms with Crippen molar-refractivity contribution in [3.8, 4) is 0 Å². The van der Waals surface area contributed by atoms with Crippen LogP contribution in [0.1, 0.15) is 32.1 Å². The van der Waals surface area contributed by atoms with Crippen molar-refractivity contribution >= 4 is 10.1 Å². The van der Waals surface area contributed by atoms with E-state index in [1.165, 1.54) is 0 Å². The van der Waals surface area contributed by atoms with E-state index in [9.17, 15) is 26.1 Å². The molecule has 0 radical (unpaired) electrons. The van der Waals surface area contributed by atoms with E-state index >= 15 is 0 Å². The fourth-order valence-electron chi connectivity index (χ4n) is 1.27. The second kappa shape index (κ2) is 10.6. The van der Waals surface area contributed by atoms with E-state index in [0.29, 0.717) is 25.7 Å². The number of alkyl halides is 3. The molecule has 0 fully saturated rings. The minimum absolute atomic E-state index is 0. The van der Waals surface area contributed by atoms with E-state index in [1.807, 2.05) is 0 Å². The summed E-state index contributed by atoms with van der Waals surface area (Å²) in [5, 5.41) is 0. The maximum atomic E-state index is 13.0. The fraction of sp³-hybridized carbons (Fsp3) is 1.00. The van der Waals surface area contributed by atoms with Gasteiger partial charge in [0, 0.05) is 0 Å². The Labute approximate surface area is 122 Å². The molecule has 2 unspecified atom stereocenters. The molecule has 98 valence electrons. The van der Waals surface area contributed by atoms with E-state index < -0.39 is 34.9 Å². The van der Waals surface area contributed by atoms with Crippen molar-refractivity contribution in [1.82, 2.24) is 0 Å². The summed E-state index contributed by atoms with van der Waals surface area (Å²) < 4.78 is 68.0. The maximum absolute atomic E-state index is 13.0. The molecule has 0 spiro atoms. The van der Waals surface area contributed by atoms with Crippen molar-refractivity contribution in [1.29, 1.82) is 0 Å². The SMILES string of the molecule is O=S(=O)([O-])CC(F)C(F)CCCCCCF.[Na+]. The van der Waals surface area contributed by atoms with E-state index in [4.69, 9.17) is 0 Å². The molecule has 8 heteroatoms. The van der Waals surface area contributed by atoms with Crippen LogP contribution in [-0.4, -0.2) is 37.7 Å². The Balaban J connectivity index is 0. The van der Waals surface area contributed by atoms with Gasteiger partial charge in [-0.15, -0.1) is 0 Å². The minimum Gasteiger partial charge on any atom is -0.748 e. The van der Waals surface area contributed by atoms with Gasteiger partial charge in [0.15, 0.2) is 0 Å². The number of hydrogen-bond donors (Lipinski definition) is 0. The molecule has 0 aromatic heterocycles. The largest absolute Gasteiger partial charge is 1.00 e. The second-order valence-electron chi connectivity index (χ2n) is 3.65. The third-order valence-corrected chi connectivity index (χ3v) is 2.85. The van der Waals surface area contributed by atoms with Gasteiger partial charge in [0.2, 0.25) is 0 Å². The van der Waals surface area contributed by atoms with Gasteiger partial charge in [0.05, 0.1) is 22.5 Å². The summed E-state index contributed by atoms with van der Waals surface area (Å²) in [6.45, 7) is -0.431. The van der Waals surface area contributed by atoms with E-state index in [2.05, 4.69) is 0 Å². The van der Waals surface area contributed by atoms with Gasteiger partial charge in [-0.05, 0) is 12.8 Å². The smallest absolute Gasteiger partial charge is 0.748 e. The predicted octanol–water partition coefficient (Wildman–Crippen LogP) is -0.868. The standard InChI is InChI=1S/C9H17F3O3S.Na/c10-6-4-2-1-3-5-8(11)9(12)7-16(13,14)15;/h8-9H,1-7H2,(H,13,14,15);/q;+1/p-1. The van der Waals surface area contributed by atoms with Crippen LogP contribution in [0.3, 0.4) is 0 Å². The predicted molar refractivity (Wildman–Crippen MR) is 53.4 cm³/mol. The zero-order valence-electron chi connectivity index (χ0n) is 9.87. The van der Waals surface area contributed by atoms with Gasteiger partial charge in [-0.3, -0.25) is 4.39 Å². The van der Waals surface area contributed by atoms with Crippen LogP contribution < -0.4 is 29.6 Å². The van der Waals surface area contributed by atoms with E-state index in [1.54, 1.807) is 0 Å². The van der Waals surface area contributed by atoms with Gasteiger partial charge in [0.25, 0.3) is 0 Å². The van der Waals surface area contributed by atoms with Crippen molar-refractivity contribution in [3.63, 3.8) is 0 Å². The molecular formula is C9H16F3NaO3S. The van der Waals surface area contributed by atoms with E-state index in [-0.39, 0.29) is 36.0 Å². The third kappa shape index (κ3) is 12.9.